The first-order valence-corrected chi connectivity index (χ1v) is 5.54. The number of nitro groups is 1. The molecule has 1 aromatic carbocycles. The summed E-state index contributed by atoms with van der Waals surface area (Å²) < 4.78 is 4.49. The SMILES string of the molecule is C=CCC(Nc1ccc([N+](=O)[O-])c2nonc12)C(=O)O. The predicted octanol–water partition coefficient (Wildman–Crippen LogP) is 1.57. The van der Waals surface area contributed by atoms with Gasteiger partial charge in [0.1, 0.15) is 6.04 Å². The molecule has 1 heterocycles. The molecule has 0 fully saturated rings. The van der Waals surface area contributed by atoms with E-state index in [1.54, 1.807) is 0 Å². The van der Waals surface area contributed by atoms with Gasteiger partial charge >= 0.3 is 11.7 Å². The fourth-order valence-corrected chi connectivity index (χ4v) is 1.69. The van der Waals surface area contributed by atoms with Crippen molar-refractivity contribution in [2.45, 2.75) is 12.5 Å². The van der Waals surface area contributed by atoms with Crippen LogP contribution in [-0.2, 0) is 4.79 Å². The van der Waals surface area contributed by atoms with Crippen LogP contribution in [0.5, 0.6) is 0 Å². The highest BCUT2D eigenvalue weighted by Gasteiger charge is 2.22. The Morgan fingerprint density at radius 3 is 2.85 bits per heavy atom. The van der Waals surface area contributed by atoms with Crippen LogP contribution in [0.3, 0.4) is 0 Å². The summed E-state index contributed by atoms with van der Waals surface area (Å²) in [5, 5.41) is 29.6. The molecule has 1 atom stereocenters. The van der Waals surface area contributed by atoms with E-state index in [0.717, 1.165) is 0 Å². The molecule has 104 valence electrons. The van der Waals surface area contributed by atoms with Gasteiger partial charge < -0.3 is 10.4 Å². The third-order valence-electron chi connectivity index (χ3n) is 2.62. The van der Waals surface area contributed by atoms with Crippen LogP contribution in [-0.4, -0.2) is 32.4 Å². The molecule has 20 heavy (non-hydrogen) atoms. The number of fused-ring (bicyclic) bond motifs is 1. The molecule has 1 unspecified atom stereocenters. The highest BCUT2D eigenvalue weighted by molar-refractivity contribution is 5.94. The molecular formula is C11H10N4O5. The predicted molar refractivity (Wildman–Crippen MR) is 68.3 cm³/mol. The maximum absolute atomic E-state index is 11.1. The van der Waals surface area contributed by atoms with E-state index in [0.29, 0.717) is 5.69 Å². The number of nitrogens with one attached hydrogen (secondary N) is 1. The molecule has 9 nitrogen and oxygen atoms in total. The smallest absolute Gasteiger partial charge is 0.326 e. The zero-order valence-electron chi connectivity index (χ0n) is 10.1. The van der Waals surface area contributed by atoms with Crippen molar-refractivity contribution in [2.75, 3.05) is 5.32 Å². The molecule has 0 spiro atoms. The van der Waals surface area contributed by atoms with Crippen LogP contribution in [0.25, 0.3) is 11.0 Å². The molecule has 0 bridgehead atoms. The number of aromatic nitrogens is 2. The van der Waals surface area contributed by atoms with E-state index in [9.17, 15) is 14.9 Å². The van der Waals surface area contributed by atoms with E-state index in [4.69, 9.17) is 5.11 Å². The Morgan fingerprint density at radius 1 is 1.55 bits per heavy atom. The molecule has 0 saturated heterocycles. The zero-order chi connectivity index (χ0) is 14.7. The Balaban J connectivity index is 2.43. The highest BCUT2D eigenvalue weighted by atomic mass is 16.6. The van der Waals surface area contributed by atoms with Crippen LogP contribution in [0.1, 0.15) is 6.42 Å². The molecular weight excluding hydrogens is 268 g/mol. The third-order valence-corrected chi connectivity index (χ3v) is 2.62. The first-order valence-electron chi connectivity index (χ1n) is 5.54. The summed E-state index contributed by atoms with van der Waals surface area (Å²) in [6.45, 7) is 3.48. The summed E-state index contributed by atoms with van der Waals surface area (Å²) in [5.74, 6) is -1.08. The summed E-state index contributed by atoms with van der Waals surface area (Å²) in [6.07, 6.45) is 1.63. The van der Waals surface area contributed by atoms with Crippen LogP contribution in [0.2, 0.25) is 0 Å². The molecule has 2 rings (SSSR count). The Morgan fingerprint density at radius 2 is 2.25 bits per heavy atom. The lowest BCUT2D eigenvalue weighted by Crippen LogP contribution is -2.28. The summed E-state index contributed by atoms with van der Waals surface area (Å²) >= 11 is 0. The van der Waals surface area contributed by atoms with Gasteiger partial charge in [0.2, 0.25) is 5.52 Å². The Bertz CT molecular complexity index is 681. The van der Waals surface area contributed by atoms with E-state index < -0.39 is 16.9 Å². The Labute approximate surface area is 112 Å². The molecule has 0 aliphatic heterocycles. The lowest BCUT2D eigenvalue weighted by atomic mass is 10.1. The Kier molecular flexibility index (Phi) is 3.60. The van der Waals surface area contributed by atoms with Gasteiger partial charge in [-0.25, -0.2) is 9.42 Å². The number of hydrogen-bond donors (Lipinski definition) is 2. The Hall–Kier alpha value is -2.97. The number of aliphatic carboxylic acids is 1. The number of rotatable bonds is 6. The number of benzene rings is 1. The number of hydrogen-bond acceptors (Lipinski definition) is 7. The lowest BCUT2D eigenvalue weighted by molar-refractivity contribution is -0.383. The molecule has 0 saturated carbocycles. The third kappa shape index (κ3) is 2.41. The first kappa shape index (κ1) is 13.5. The second-order valence-electron chi connectivity index (χ2n) is 3.91. The number of nitro benzene ring substituents is 1. The van der Waals surface area contributed by atoms with E-state index in [1.807, 2.05) is 0 Å². The van der Waals surface area contributed by atoms with E-state index >= 15 is 0 Å². The van der Waals surface area contributed by atoms with Gasteiger partial charge in [-0.3, -0.25) is 10.1 Å². The van der Waals surface area contributed by atoms with Crippen LogP contribution < -0.4 is 5.32 Å². The molecule has 2 N–H and O–H groups in total. The zero-order valence-corrected chi connectivity index (χ0v) is 10.1. The molecule has 0 radical (unpaired) electrons. The van der Waals surface area contributed by atoms with Crippen LogP contribution in [0.15, 0.2) is 29.4 Å². The van der Waals surface area contributed by atoms with Gasteiger partial charge in [-0.05, 0) is 22.8 Å². The number of nitrogens with zero attached hydrogens (tertiary/aromatic N) is 3. The number of non-ortho nitro benzene ring substituents is 1. The second kappa shape index (κ2) is 5.34. The molecule has 9 heteroatoms. The van der Waals surface area contributed by atoms with Crippen molar-refractivity contribution in [3.8, 4) is 0 Å². The summed E-state index contributed by atoms with van der Waals surface area (Å²) in [5.41, 5.74) is 0.0979. The van der Waals surface area contributed by atoms with Crippen LogP contribution in [0, 0.1) is 10.1 Å². The number of carbonyl (C=O) groups is 1. The molecule has 0 aliphatic rings. The minimum atomic E-state index is -1.08. The first-order chi connectivity index (χ1) is 9.54. The van der Waals surface area contributed by atoms with Crippen molar-refractivity contribution in [3.05, 3.63) is 34.9 Å². The van der Waals surface area contributed by atoms with Crippen molar-refractivity contribution in [1.82, 2.24) is 10.3 Å². The van der Waals surface area contributed by atoms with Gasteiger partial charge in [0.05, 0.1) is 10.6 Å². The van der Waals surface area contributed by atoms with E-state index in [1.165, 1.54) is 18.2 Å². The van der Waals surface area contributed by atoms with E-state index in [-0.39, 0.29) is 23.1 Å². The van der Waals surface area contributed by atoms with Crippen molar-refractivity contribution >= 4 is 28.4 Å². The van der Waals surface area contributed by atoms with Crippen molar-refractivity contribution in [1.29, 1.82) is 0 Å². The second-order valence-corrected chi connectivity index (χ2v) is 3.91. The van der Waals surface area contributed by atoms with Crippen molar-refractivity contribution in [2.24, 2.45) is 0 Å². The van der Waals surface area contributed by atoms with Gasteiger partial charge in [0.25, 0.3) is 0 Å². The lowest BCUT2D eigenvalue weighted by Gasteiger charge is -2.13. The number of carboxylic acid groups (broad SMARTS) is 1. The summed E-state index contributed by atoms with van der Waals surface area (Å²) in [6, 6.07) is 1.65. The molecule has 2 aromatic rings. The quantitative estimate of drug-likeness (QED) is 0.462. The highest BCUT2D eigenvalue weighted by Crippen LogP contribution is 2.29. The van der Waals surface area contributed by atoms with Gasteiger partial charge in [0, 0.05) is 6.07 Å². The summed E-state index contributed by atoms with van der Waals surface area (Å²) in [7, 11) is 0. The van der Waals surface area contributed by atoms with Gasteiger partial charge in [0.15, 0.2) is 5.52 Å². The largest absolute Gasteiger partial charge is 0.480 e. The van der Waals surface area contributed by atoms with Crippen molar-refractivity contribution < 1.29 is 19.5 Å². The average Bonchev–Trinajstić information content (AvgIpc) is 2.87. The number of anilines is 1. The standard InChI is InChI=1S/C11H10N4O5/c1-2-3-7(11(16)17)12-6-4-5-8(15(18)19)10-9(6)13-20-14-10/h2,4-5,7,12H,1,3H2,(H,16,17). The number of carboxylic acids is 1. The molecule has 0 amide bonds. The van der Waals surface area contributed by atoms with Crippen LogP contribution in [0.4, 0.5) is 11.4 Å². The molecule has 0 aliphatic carbocycles. The normalized spacial score (nSPS) is 12.0. The van der Waals surface area contributed by atoms with Gasteiger partial charge in [-0.2, -0.15) is 0 Å². The van der Waals surface area contributed by atoms with Crippen molar-refractivity contribution in [3.63, 3.8) is 0 Å². The van der Waals surface area contributed by atoms with E-state index in [2.05, 4.69) is 26.8 Å². The van der Waals surface area contributed by atoms with Gasteiger partial charge in [-0.15, -0.1) is 6.58 Å². The summed E-state index contributed by atoms with van der Waals surface area (Å²) in [4.78, 5) is 21.3. The fraction of sp³-hybridized carbons (Fsp3) is 0.182. The maximum atomic E-state index is 11.1. The van der Waals surface area contributed by atoms with Gasteiger partial charge in [-0.1, -0.05) is 6.08 Å². The maximum Gasteiger partial charge on any atom is 0.326 e. The fourth-order valence-electron chi connectivity index (χ4n) is 1.69. The average molecular weight is 278 g/mol. The minimum Gasteiger partial charge on any atom is -0.480 e. The van der Waals surface area contributed by atoms with Crippen LogP contribution >= 0.6 is 0 Å². The minimum absolute atomic E-state index is 0.0391. The molecule has 1 aromatic heterocycles. The topological polar surface area (TPSA) is 131 Å². The monoisotopic (exact) mass is 278 g/mol.